The van der Waals surface area contributed by atoms with Gasteiger partial charge in [-0.25, -0.2) is 0 Å². The summed E-state index contributed by atoms with van der Waals surface area (Å²) >= 11 is 7.25. The molecule has 2 aromatic rings. The third-order valence-corrected chi connectivity index (χ3v) is 8.93. The van der Waals surface area contributed by atoms with Crippen LogP contribution >= 0.6 is 39.5 Å². The van der Waals surface area contributed by atoms with Gasteiger partial charge in [-0.1, -0.05) is 15.9 Å². The maximum atomic E-state index is 12.6. The topological polar surface area (TPSA) is 71.3 Å². The van der Waals surface area contributed by atoms with Gasteiger partial charge in [0.25, 0.3) is 5.91 Å². The van der Waals surface area contributed by atoms with E-state index in [0.717, 1.165) is 46.6 Å². The lowest BCUT2D eigenvalue weighted by Gasteiger charge is -2.31. The van der Waals surface area contributed by atoms with Crippen molar-refractivity contribution in [3.05, 3.63) is 56.9 Å². The van der Waals surface area contributed by atoms with Gasteiger partial charge in [-0.2, -0.15) is 0 Å². The molecule has 0 atom stereocenters. The van der Waals surface area contributed by atoms with E-state index in [0.29, 0.717) is 11.3 Å². The highest BCUT2D eigenvalue weighted by molar-refractivity contribution is 9.10. The van der Waals surface area contributed by atoms with Gasteiger partial charge in [-0.15, -0.1) is 23.5 Å². The normalized spacial score (nSPS) is 17.6. The van der Waals surface area contributed by atoms with Gasteiger partial charge in [-0.3, -0.25) is 20.4 Å². The fourth-order valence-corrected chi connectivity index (χ4v) is 7.48. The highest BCUT2D eigenvalue weighted by atomic mass is 79.9. The van der Waals surface area contributed by atoms with Gasteiger partial charge in [0, 0.05) is 39.1 Å². The van der Waals surface area contributed by atoms with Crippen molar-refractivity contribution in [1.82, 2.24) is 10.9 Å². The Morgan fingerprint density at radius 2 is 1.78 bits per heavy atom. The summed E-state index contributed by atoms with van der Waals surface area (Å²) in [4.78, 5) is 24.8. The SMILES string of the molecule is Cc1c(C(=O)NNC(=O)c2ccc(Br)cc2)oc2c1C1(CCC2)SCCS1. The van der Waals surface area contributed by atoms with Crippen molar-refractivity contribution in [2.45, 2.75) is 30.3 Å². The summed E-state index contributed by atoms with van der Waals surface area (Å²) in [6, 6.07) is 6.91. The second-order valence-corrected chi connectivity index (χ2v) is 10.5. The molecule has 1 saturated heterocycles. The molecule has 5 nitrogen and oxygen atoms in total. The number of fused-ring (bicyclic) bond motifs is 2. The number of nitrogens with one attached hydrogen (secondary N) is 2. The zero-order valence-corrected chi connectivity index (χ0v) is 18.0. The van der Waals surface area contributed by atoms with Gasteiger partial charge in [0.05, 0.1) is 4.08 Å². The van der Waals surface area contributed by atoms with E-state index in [2.05, 4.69) is 26.8 Å². The van der Waals surface area contributed by atoms with Crippen molar-refractivity contribution in [2.24, 2.45) is 0 Å². The molecule has 2 aliphatic rings. The van der Waals surface area contributed by atoms with Crippen LogP contribution in [-0.2, 0) is 10.5 Å². The summed E-state index contributed by atoms with van der Waals surface area (Å²) in [7, 11) is 0. The second-order valence-electron chi connectivity index (χ2n) is 6.57. The Hall–Kier alpha value is -1.38. The summed E-state index contributed by atoms with van der Waals surface area (Å²) in [5.74, 6) is 2.67. The number of benzene rings is 1. The number of carbonyl (C=O) groups excluding carboxylic acids is 2. The Morgan fingerprint density at radius 1 is 1.11 bits per heavy atom. The van der Waals surface area contributed by atoms with E-state index >= 15 is 0 Å². The first-order chi connectivity index (χ1) is 13.0. The van der Waals surface area contributed by atoms with Gasteiger partial charge >= 0.3 is 5.91 Å². The molecule has 1 aromatic heterocycles. The molecule has 27 heavy (non-hydrogen) atoms. The number of amides is 2. The fourth-order valence-electron chi connectivity index (χ4n) is 3.66. The maximum absolute atomic E-state index is 12.6. The van der Waals surface area contributed by atoms with Crippen LogP contribution in [0.2, 0.25) is 0 Å². The van der Waals surface area contributed by atoms with E-state index in [1.807, 2.05) is 30.4 Å². The van der Waals surface area contributed by atoms with Crippen LogP contribution < -0.4 is 10.9 Å². The quantitative estimate of drug-likeness (QED) is 0.641. The second kappa shape index (κ2) is 7.56. The van der Waals surface area contributed by atoms with Crippen LogP contribution in [0, 0.1) is 6.92 Å². The molecule has 2 N–H and O–H groups in total. The van der Waals surface area contributed by atoms with Gasteiger partial charge < -0.3 is 4.42 Å². The third kappa shape index (κ3) is 3.54. The fraction of sp³-hybridized carbons (Fsp3) is 0.368. The van der Waals surface area contributed by atoms with E-state index in [1.165, 1.54) is 5.56 Å². The molecule has 142 valence electrons. The maximum Gasteiger partial charge on any atom is 0.305 e. The van der Waals surface area contributed by atoms with Crippen molar-refractivity contribution in [3.8, 4) is 0 Å². The first-order valence-electron chi connectivity index (χ1n) is 8.77. The van der Waals surface area contributed by atoms with Crippen molar-refractivity contribution in [3.63, 3.8) is 0 Å². The predicted molar refractivity (Wildman–Crippen MR) is 112 cm³/mol. The minimum absolute atomic E-state index is 0.0281. The largest absolute Gasteiger partial charge is 0.455 e. The average Bonchev–Trinajstić information content (AvgIpc) is 3.26. The molecule has 0 unspecified atom stereocenters. The third-order valence-electron chi connectivity index (χ3n) is 4.87. The summed E-state index contributed by atoms with van der Waals surface area (Å²) in [5, 5.41) is 0. The molecule has 8 heteroatoms. The standard InChI is InChI=1S/C19H19BrN2O3S2/c1-11-15-14(3-2-8-19(15)26-9-10-27-19)25-16(11)18(24)22-21-17(23)12-4-6-13(20)7-5-12/h4-7H,2-3,8-10H2,1H3,(H,21,23)(H,22,24). The van der Waals surface area contributed by atoms with Crippen molar-refractivity contribution in [2.75, 3.05) is 11.5 Å². The number of rotatable bonds is 2. The number of aryl methyl sites for hydroxylation is 1. The minimum Gasteiger partial charge on any atom is -0.455 e. The lowest BCUT2D eigenvalue weighted by molar-refractivity contribution is 0.0829. The van der Waals surface area contributed by atoms with Crippen LogP contribution in [0.5, 0.6) is 0 Å². The highest BCUT2D eigenvalue weighted by Crippen LogP contribution is 2.59. The van der Waals surface area contributed by atoms with Crippen LogP contribution in [-0.4, -0.2) is 23.3 Å². The molecule has 4 rings (SSSR count). The van der Waals surface area contributed by atoms with Crippen LogP contribution in [0.3, 0.4) is 0 Å². The number of halogens is 1. The number of furan rings is 1. The van der Waals surface area contributed by atoms with Crippen molar-refractivity contribution in [1.29, 1.82) is 0 Å². The van der Waals surface area contributed by atoms with Gasteiger partial charge in [0.15, 0.2) is 5.76 Å². The first kappa shape index (κ1) is 19.0. The Labute approximate surface area is 174 Å². The molecule has 1 fully saturated rings. The molecular weight excluding hydrogens is 448 g/mol. The summed E-state index contributed by atoms with van der Waals surface area (Å²) in [5.41, 5.74) is 7.49. The number of hydrogen-bond acceptors (Lipinski definition) is 5. The molecule has 1 aromatic carbocycles. The van der Waals surface area contributed by atoms with Crippen LogP contribution in [0.4, 0.5) is 0 Å². The molecule has 1 aliphatic carbocycles. The monoisotopic (exact) mass is 466 g/mol. The van der Waals surface area contributed by atoms with Gasteiger partial charge in [0.1, 0.15) is 5.76 Å². The highest BCUT2D eigenvalue weighted by Gasteiger charge is 2.45. The molecule has 0 saturated carbocycles. The molecular formula is C19H19BrN2O3S2. The summed E-state index contributed by atoms with van der Waals surface area (Å²) in [6.07, 6.45) is 3.04. The lowest BCUT2D eigenvalue weighted by Crippen LogP contribution is -2.41. The number of carbonyl (C=O) groups is 2. The smallest absolute Gasteiger partial charge is 0.305 e. The molecule has 0 radical (unpaired) electrons. The minimum atomic E-state index is -0.421. The molecule has 2 heterocycles. The average molecular weight is 467 g/mol. The Kier molecular flexibility index (Phi) is 5.31. The zero-order valence-electron chi connectivity index (χ0n) is 14.8. The van der Waals surface area contributed by atoms with E-state index in [-0.39, 0.29) is 9.99 Å². The number of thioether (sulfide) groups is 2. The Bertz CT molecular complexity index is 889. The van der Waals surface area contributed by atoms with E-state index in [9.17, 15) is 9.59 Å². The van der Waals surface area contributed by atoms with Crippen molar-refractivity contribution < 1.29 is 14.0 Å². The van der Waals surface area contributed by atoms with Crippen molar-refractivity contribution >= 4 is 51.3 Å². The summed E-state index contributed by atoms with van der Waals surface area (Å²) < 4.78 is 6.86. The molecule has 1 spiro atoms. The summed E-state index contributed by atoms with van der Waals surface area (Å²) in [6.45, 7) is 1.94. The Balaban J connectivity index is 1.51. The van der Waals surface area contributed by atoms with E-state index in [1.54, 1.807) is 24.3 Å². The molecule has 2 amide bonds. The van der Waals surface area contributed by atoms with Crippen LogP contribution in [0.15, 0.2) is 33.2 Å². The number of hydrogen-bond donors (Lipinski definition) is 2. The van der Waals surface area contributed by atoms with E-state index < -0.39 is 5.91 Å². The number of hydrazine groups is 1. The molecule has 1 aliphatic heterocycles. The predicted octanol–water partition coefficient (Wildman–Crippen LogP) is 4.39. The lowest BCUT2D eigenvalue weighted by atomic mass is 9.94. The molecule has 0 bridgehead atoms. The van der Waals surface area contributed by atoms with Gasteiger partial charge in [-0.05, 0) is 44.0 Å². The first-order valence-corrected chi connectivity index (χ1v) is 11.5. The van der Waals surface area contributed by atoms with Gasteiger partial charge in [0.2, 0.25) is 0 Å². The Morgan fingerprint density at radius 3 is 2.48 bits per heavy atom. The van der Waals surface area contributed by atoms with E-state index in [4.69, 9.17) is 4.42 Å². The van der Waals surface area contributed by atoms with Crippen LogP contribution in [0.25, 0.3) is 0 Å². The zero-order chi connectivity index (χ0) is 19.0. The van der Waals surface area contributed by atoms with Crippen LogP contribution in [0.1, 0.15) is 50.6 Å².